The number of carbonyl (C=O) groups is 1. The summed E-state index contributed by atoms with van der Waals surface area (Å²) in [6, 6.07) is 10.0. The summed E-state index contributed by atoms with van der Waals surface area (Å²) in [5, 5.41) is 2.49. The summed E-state index contributed by atoms with van der Waals surface area (Å²) in [5.41, 5.74) is 2.20. The minimum absolute atomic E-state index is 0.103. The molecule has 1 aromatic rings. The predicted molar refractivity (Wildman–Crippen MR) is 76.9 cm³/mol. The van der Waals surface area contributed by atoms with Gasteiger partial charge in [-0.2, -0.15) is 0 Å². The first-order chi connectivity index (χ1) is 8.15. The van der Waals surface area contributed by atoms with Crippen LogP contribution in [-0.4, -0.2) is 10.2 Å². The highest BCUT2D eigenvalue weighted by molar-refractivity contribution is 8.19. The summed E-state index contributed by atoms with van der Waals surface area (Å²) < 4.78 is 0. The van der Waals surface area contributed by atoms with E-state index in [4.69, 9.17) is 12.2 Å². The van der Waals surface area contributed by atoms with E-state index >= 15 is 0 Å². The molecule has 86 valence electrons. The smallest absolute Gasteiger partial charge is 0.289 e. The summed E-state index contributed by atoms with van der Waals surface area (Å²) in [6.07, 6.45) is 3.98. The van der Waals surface area contributed by atoms with E-state index in [2.05, 4.69) is 11.4 Å². The summed E-state index contributed by atoms with van der Waals surface area (Å²) in [6.45, 7) is 1.99. The van der Waals surface area contributed by atoms with Crippen LogP contribution in [0.2, 0.25) is 0 Å². The van der Waals surface area contributed by atoms with Gasteiger partial charge in [-0.1, -0.05) is 48.6 Å². The summed E-state index contributed by atoms with van der Waals surface area (Å²) in [4.78, 5) is 12.4. The molecule has 4 heteroatoms. The zero-order chi connectivity index (χ0) is 12.3. The van der Waals surface area contributed by atoms with Gasteiger partial charge in [0.25, 0.3) is 5.24 Å². The number of carbonyl (C=O) groups excluding carboxylic acids is 1. The van der Waals surface area contributed by atoms with Crippen molar-refractivity contribution in [1.82, 2.24) is 5.32 Å². The van der Waals surface area contributed by atoms with E-state index in [9.17, 15) is 4.79 Å². The molecule has 0 unspecified atom stereocenters. The van der Waals surface area contributed by atoms with Gasteiger partial charge in [-0.05, 0) is 35.9 Å². The summed E-state index contributed by atoms with van der Waals surface area (Å²) in [5.74, 6) is 0. The lowest BCUT2D eigenvalue weighted by molar-refractivity contribution is 0.265. The first-order valence-corrected chi connectivity index (χ1v) is 6.36. The second kappa shape index (κ2) is 5.29. The quantitative estimate of drug-likeness (QED) is 0.649. The van der Waals surface area contributed by atoms with Crippen molar-refractivity contribution in [2.24, 2.45) is 0 Å². The SMILES string of the molecule is CC(=C\c1ccccc1)/C=C1/SC(=O)NC1=S. The largest absolute Gasteiger partial charge is 0.307 e. The molecule has 17 heavy (non-hydrogen) atoms. The molecule has 0 radical (unpaired) electrons. The molecule has 1 aromatic carbocycles. The molecule has 1 aliphatic rings. The summed E-state index contributed by atoms with van der Waals surface area (Å²) >= 11 is 6.19. The standard InChI is InChI=1S/C13H11NOS2/c1-9(7-10-5-3-2-4-6-10)8-11-12(16)14-13(15)17-11/h2-8H,1H3,(H,14,15,16)/b9-7+,11-8+. The van der Waals surface area contributed by atoms with Gasteiger partial charge in [0.15, 0.2) is 0 Å². The molecule has 0 saturated carbocycles. The lowest BCUT2D eigenvalue weighted by Gasteiger charge is -1.97. The number of hydrogen-bond acceptors (Lipinski definition) is 3. The maximum absolute atomic E-state index is 11.1. The number of thiocarbonyl (C=S) groups is 1. The van der Waals surface area contributed by atoms with Gasteiger partial charge in [-0.25, -0.2) is 0 Å². The Kier molecular flexibility index (Phi) is 3.76. The van der Waals surface area contributed by atoms with Crippen LogP contribution >= 0.6 is 24.0 Å². The van der Waals surface area contributed by atoms with E-state index in [1.807, 2.05) is 43.3 Å². The molecule has 2 nitrogen and oxygen atoms in total. The maximum Gasteiger partial charge on any atom is 0.289 e. The molecule has 1 amide bonds. The Morgan fingerprint density at radius 3 is 2.65 bits per heavy atom. The van der Waals surface area contributed by atoms with Crippen LogP contribution < -0.4 is 5.32 Å². The molecule has 1 heterocycles. The van der Waals surface area contributed by atoms with Crippen LogP contribution in [0.15, 0.2) is 46.9 Å². The van der Waals surface area contributed by atoms with Crippen LogP contribution in [0.3, 0.4) is 0 Å². The number of thioether (sulfide) groups is 1. The Hall–Kier alpha value is -1.39. The van der Waals surface area contributed by atoms with Crippen LogP contribution in [0.1, 0.15) is 12.5 Å². The Morgan fingerprint density at radius 1 is 1.35 bits per heavy atom. The van der Waals surface area contributed by atoms with Crippen molar-refractivity contribution in [3.63, 3.8) is 0 Å². The monoisotopic (exact) mass is 261 g/mol. The number of rotatable bonds is 2. The second-order valence-corrected chi connectivity index (χ2v) is 5.07. The lowest BCUT2D eigenvalue weighted by Crippen LogP contribution is -2.15. The molecule has 0 aliphatic carbocycles. The van der Waals surface area contributed by atoms with Crippen molar-refractivity contribution in [1.29, 1.82) is 0 Å². The molecule has 1 fully saturated rings. The highest BCUT2D eigenvalue weighted by Crippen LogP contribution is 2.25. The number of nitrogens with one attached hydrogen (secondary N) is 1. The van der Waals surface area contributed by atoms with Crippen LogP contribution in [0.4, 0.5) is 4.79 Å². The first kappa shape index (κ1) is 12.1. The van der Waals surface area contributed by atoms with Crippen LogP contribution in [0.5, 0.6) is 0 Å². The zero-order valence-corrected chi connectivity index (χ0v) is 10.9. The fraction of sp³-hybridized carbons (Fsp3) is 0.0769. The minimum Gasteiger partial charge on any atom is -0.307 e. The third kappa shape index (κ3) is 3.28. The van der Waals surface area contributed by atoms with Crippen LogP contribution in [0.25, 0.3) is 6.08 Å². The van der Waals surface area contributed by atoms with E-state index in [1.54, 1.807) is 0 Å². The van der Waals surface area contributed by atoms with Crippen LogP contribution in [0, 0.1) is 0 Å². The van der Waals surface area contributed by atoms with Crippen LogP contribution in [-0.2, 0) is 0 Å². The van der Waals surface area contributed by atoms with E-state index in [1.165, 1.54) is 0 Å². The zero-order valence-electron chi connectivity index (χ0n) is 9.27. The first-order valence-electron chi connectivity index (χ1n) is 5.13. The third-order valence-corrected chi connectivity index (χ3v) is 3.48. The van der Waals surface area contributed by atoms with Crippen molar-refractivity contribution in [3.05, 3.63) is 52.4 Å². The van der Waals surface area contributed by atoms with Gasteiger partial charge in [0, 0.05) is 0 Å². The highest BCUT2D eigenvalue weighted by Gasteiger charge is 2.21. The fourth-order valence-corrected chi connectivity index (χ4v) is 2.56. The minimum atomic E-state index is -0.103. The van der Waals surface area contributed by atoms with Gasteiger partial charge in [-0.15, -0.1) is 0 Å². The average molecular weight is 261 g/mol. The number of hydrogen-bond donors (Lipinski definition) is 1. The third-order valence-electron chi connectivity index (χ3n) is 2.19. The Morgan fingerprint density at radius 2 is 2.06 bits per heavy atom. The van der Waals surface area contributed by atoms with Crippen molar-refractivity contribution in [2.45, 2.75) is 6.92 Å². The van der Waals surface area contributed by atoms with Crippen molar-refractivity contribution in [2.75, 3.05) is 0 Å². The molecule has 1 N–H and O–H groups in total. The van der Waals surface area contributed by atoms with Crippen molar-refractivity contribution in [3.8, 4) is 0 Å². The van der Waals surface area contributed by atoms with E-state index in [0.29, 0.717) is 4.99 Å². The molecule has 1 saturated heterocycles. The second-order valence-electron chi connectivity index (χ2n) is 3.65. The fourth-order valence-electron chi connectivity index (χ4n) is 1.48. The molecular formula is C13H11NOS2. The molecule has 0 bridgehead atoms. The lowest BCUT2D eigenvalue weighted by atomic mass is 10.1. The van der Waals surface area contributed by atoms with E-state index < -0.39 is 0 Å². The molecule has 0 spiro atoms. The van der Waals surface area contributed by atoms with Crippen molar-refractivity contribution < 1.29 is 4.79 Å². The molecule has 0 atom stereocenters. The Labute approximate surface area is 110 Å². The highest BCUT2D eigenvalue weighted by atomic mass is 32.2. The maximum atomic E-state index is 11.1. The van der Waals surface area contributed by atoms with Gasteiger partial charge in [0.1, 0.15) is 4.99 Å². The van der Waals surface area contributed by atoms with Gasteiger partial charge < -0.3 is 5.32 Å². The van der Waals surface area contributed by atoms with Gasteiger partial charge in [0.2, 0.25) is 0 Å². The number of benzene rings is 1. The van der Waals surface area contributed by atoms with Gasteiger partial charge >= 0.3 is 0 Å². The summed E-state index contributed by atoms with van der Waals surface area (Å²) in [7, 11) is 0. The number of amides is 1. The van der Waals surface area contributed by atoms with E-state index in [-0.39, 0.29) is 5.24 Å². The van der Waals surface area contributed by atoms with Gasteiger partial charge in [0.05, 0.1) is 4.91 Å². The molecule has 0 aromatic heterocycles. The topological polar surface area (TPSA) is 29.1 Å². The molecule has 1 aliphatic heterocycles. The predicted octanol–water partition coefficient (Wildman–Crippen LogP) is 3.76. The Balaban J connectivity index is 2.19. The average Bonchev–Trinajstić information content (AvgIpc) is 2.58. The van der Waals surface area contributed by atoms with Crippen molar-refractivity contribution >= 4 is 40.3 Å². The molecule has 2 rings (SSSR count). The number of allylic oxidation sites excluding steroid dienone is 2. The molecular weight excluding hydrogens is 250 g/mol. The van der Waals surface area contributed by atoms with Gasteiger partial charge in [-0.3, -0.25) is 4.79 Å². The normalized spacial score (nSPS) is 18.6. The van der Waals surface area contributed by atoms with E-state index in [0.717, 1.165) is 27.8 Å². The Bertz CT molecular complexity index is 517.